The Morgan fingerprint density at radius 2 is 1.54 bits per heavy atom. The number of amides is 2. The highest BCUT2D eigenvalue weighted by Gasteiger charge is 2.05. The molecule has 0 unspecified atom stereocenters. The van der Waals surface area contributed by atoms with Gasteiger partial charge in [0.25, 0.3) is 0 Å². The summed E-state index contributed by atoms with van der Waals surface area (Å²) in [5.41, 5.74) is 2.17. The molecule has 2 aromatic carbocycles. The number of hydrogen-bond donors (Lipinski definition) is 2. The maximum Gasteiger partial charge on any atom is 0.239 e. The Balaban J connectivity index is 1.58. The summed E-state index contributed by atoms with van der Waals surface area (Å²) < 4.78 is 0. The Morgan fingerprint density at radius 3 is 2.25 bits per heavy atom. The fourth-order valence-electron chi connectivity index (χ4n) is 2.23. The smallest absolute Gasteiger partial charge is 0.239 e. The lowest BCUT2D eigenvalue weighted by molar-refractivity contribution is -0.126. The first-order valence-corrected chi connectivity index (χ1v) is 8.33. The van der Waals surface area contributed by atoms with Gasteiger partial charge in [0, 0.05) is 18.0 Å². The molecule has 0 fully saturated rings. The molecule has 0 bridgehead atoms. The molecule has 4 nitrogen and oxygen atoms in total. The van der Waals surface area contributed by atoms with E-state index in [0.717, 1.165) is 24.0 Å². The van der Waals surface area contributed by atoms with Crippen LogP contribution in [0.5, 0.6) is 0 Å². The molecule has 0 radical (unpaired) electrons. The Kier molecular flexibility index (Phi) is 7.30. The first-order chi connectivity index (χ1) is 11.6. The van der Waals surface area contributed by atoms with Crippen LogP contribution in [0.25, 0.3) is 0 Å². The van der Waals surface area contributed by atoms with Crippen molar-refractivity contribution in [3.05, 3.63) is 70.7 Å². The normalized spacial score (nSPS) is 10.2. The van der Waals surface area contributed by atoms with Crippen LogP contribution in [0.4, 0.5) is 0 Å². The quantitative estimate of drug-likeness (QED) is 0.773. The molecule has 0 aromatic heterocycles. The minimum atomic E-state index is -0.190. The molecule has 2 rings (SSSR count). The first kappa shape index (κ1) is 18.0. The van der Waals surface area contributed by atoms with Crippen molar-refractivity contribution in [2.45, 2.75) is 25.8 Å². The third kappa shape index (κ3) is 6.84. The van der Waals surface area contributed by atoms with E-state index < -0.39 is 0 Å². The molecule has 2 aromatic rings. The molecule has 0 spiro atoms. The number of halogens is 1. The second-order valence-corrected chi connectivity index (χ2v) is 5.96. The summed E-state index contributed by atoms with van der Waals surface area (Å²) in [7, 11) is 0. The number of hydrogen-bond acceptors (Lipinski definition) is 2. The van der Waals surface area contributed by atoms with Gasteiger partial charge in [-0.25, -0.2) is 0 Å². The van der Waals surface area contributed by atoms with Crippen LogP contribution < -0.4 is 10.6 Å². The van der Waals surface area contributed by atoms with E-state index in [1.807, 2.05) is 54.6 Å². The second-order valence-electron chi connectivity index (χ2n) is 5.52. The summed E-state index contributed by atoms with van der Waals surface area (Å²) >= 11 is 5.83. The minimum absolute atomic E-state index is 0.00656. The molecule has 0 aliphatic rings. The highest BCUT2D eigenvalue weighted by atomic mass is 35.5. The van der Waals surface area contributed by atoms with Gasteiger partial charge in [-0.3, -0.25) is 9.59 Å². The summed E-state index contributed by atoms with van der Waals surface area (Å²) in [6.07, 6.45) is 1.94. The lowest BCUT2D eigenvalue weighted by Crippen LogP contribution is -2.36. The maximum absolute atomic E-state index is 11.8. The Bertz CT molecular complexity index is 657. The van der Waals surface area contributed by atoms with Gasteiger partial charge in [-0.1, -0.05) is 54.1 Å². The second kappa shape index (κ2) is 9.73. The SMILES string of the molecule is O=C(CCCc1ccc(Cl)cc1)NCC(=O)NCc1ccccc1. The minimum Gasteiger partial charge on any atom is -0.350 e. The van der Waals surface area contributed by atoms with E-state index in [-0.39, 0.29) is 18.4 Å². The van der Waals surface area contributed by atoms with Gasteiger partial charge in [0.1, 0.15) is 0 Å². The molecule has 0 aliphatic heterocycles. The molecule has 0 saturated carbocycles. The van der Waals surface area contributed by atoms with Crippen LogP contribution in [0.1, 0.15) is 24.0 Å². The molecular formula is C19H21ClN2O2. The van der Waals surface area contributed by atoms with Crippen LogP contribution in [0.3, 0.4) is 0 Å². The Labute approximate surface area is 147 Å². The van der Waals surface area contributed by atoms with Gasteiger partial charge in [-0.15, -0.1) is 0 Å². The zero-order valence-corrected chi connectivity index (χ0v) is 14.2. The van der Waals surface area contributed by atoms with E-state index in [9.17, 15) is 9.59 Å². The number of rotatable bonds is 8. The predicted molar refractivity (Wildman–Crippen MR) is 95.7 cm³/mol. The summed E-state index contributed by atoms with van der Waals surface area (Å²) in [4.78, 5) is 23.5. The molecule has 0 atom stereocenters. The van der Waals surface area contributed by atoms with Gasteiger partial charge in [-0.05, 0) is 36.1 Å². The van der Waals surface area contributed by atoms with Gasteiger partial charge < -0.3 is 10.6 Å². The number of benzene rings is 2. The highest BCUT2D eigenvalue weighted by molar-refractivity contribution is 6.30. The van der Waals surface area contributed by atoms with Gasteiger partial charge in [0.05, 0.1) is 6.54 Å². The van der Waals surface area contributed by atoms with Crippen molar-refractivity contribution in [2.24, 2.45) is 0 Å². The molecule has 5 heteroatoms. The van der Waals surface area contributed by atoms with E-state index in [1.165, 1.54) is 0 Å². The van der Waals surface area contributed by atoms with Crippen LogP contribution in [0.15, 0.2) is 54.6 Å². The number of carbonyl (C=O) groups is 2. The highest BCUT2D eigenvalue weighted by Crippen LogP contribution is 2.11. The third-order valence-corrected chi connectivity index (χ3v) is 3.81. The van der Waals surface area contributed by atoms with Gasteiger partial charge >= 0.3 is 0 Å². The predicted octanol–water partition coefficient (Wildman–Crippen LogP) is 3.10. The number of aryl methyl sites for hydroxylation is 1. The largest absolute Gasteiger partial charge is 0.350 e. The van der Waals surface area contributed by atoms with E-state index in [0.29, 0.717) is 18.0 Å². The molecule has 126 valence electrons. The van der Waals surface area contributed by atoms with Crippen LogP contribution in [-0.4, -0.2) is 18.4 Å². The van der Waals surface area contributed by atoms with E-state index in [1.54, 1.807) is 0 Å². The fourth-order valence-corrected chi connectivity index (χ4v) is 2.36. The van der Waals surface area contributed by atoms with E-state index in [4.69, 9.17) is 11.6 Å². The van der Waals surface area contributed by atoms with Crippen molar-refractivity contribution < 1.29 is 9.59 Å². The number of carbonyl (C=O) groups excluding carboxylic acids is 2. The number of nitrogens with one attached hydrogen (secondary N) is 2. The average Bonchev–Trinajstić information content (AvgIpc) is 2.61. The summed E-state index contributed by atoms with van der Waals surface area (Å²) in [5.74, 6) is -0.302. The van der Waals surface area contributed by atoms with Crippen molar-refractivity contribution in [1.82, 2.24) is 10.6 Å². The Hall–Kier alpha value is -2.33. The summed E-state index contributed by atoms with van der Waals surface area (Å²) in [5, 5.41) is 6.12. The summed E-state index contributed by atoms with van der Waals surface area (Å²) in [6.45, 7) is 0.471. The van der Waals surface area contributed by atoms with Gasteiger partial charge in [0.2, 0.25) is 11.8 Å². The monoisotopic (exact) mass is 344 g/mol. The molecule has 2 amide bonds. The lowest BCUT2D eigenvalue weighted by atomic mass is 10.1. The average molecular weight is 345 g/mol. The molecule has 24 heavy (non-hydrogen) atoms. The standard InChI is InChI=1S/C19H21ClN2O2/c20-17-11-9-15(10-12-17)7-4-8-18(23)22-14-19(24)21-13-16-5-2-1-3-6-16/h1-3,5-6,9-12H,4,7-8,13-14H2,(H,21,24)(H,22,23). The first-order valence-electron chi connectivity index (χ1n) is 7.95. The lowest BCUT2D eigenvalue weighted by Gasteiger charge is -2.07. The molecule has 2 N–H and O–H groups in total. The molecular weight excluding hydrogens is 324 g/mol. The molecule has 0 saturated heterocycles. The summed E-state index contributed by atoms with van der Waals surface area (Å²) in [6, 6.07) is 17.2. The van der Waals surface area contributed by atoms with Crippen molar-refractivity contribution in [1.29, 1.82) is 0 Å². The van der Waals surface area contributed by atoms with Crippen molar-refractivity contribution in [2.75, 3.05) is 6.54 Å². The van der Waals surface area contributed by atoms with Crippen LogP contribution in [-0.2, 0) is 22.6 Å². The third-order valence-electron chi connectivity index (χ3n) is 3.56. The fraction of sp³-hybridized carbons (Fsp3) is 0.263. The van der Waals surface area contributed by atoms with Crippen molar-refractivity contribution in [3.63, 3.8) is 0 Å². The van der Waals surface area contributed by atoms with E-state index >= 15 is 0 Å². The molecule has 0 aliphatic carbocycles. The van der Waals surface area contributed by atoms with Crippen molar-refractivity contribution >= 4 is 23.4 Å². The van der Waals surface area contributed by atoms with E-state index in [2.05, 4.69) is 10.6 Å². The van der Waals surface area contributed by atoms with Gasteiger partial charge in [0.15, 0.2) is 0 Å². The zero-order valence-electron chi connectivity index (χ0n) is 13.4. The topological polar surface area (TPSA) is 58.2 Å². The maximum atomic E-state index is 11.8. The van der Waals surface area contributed by atoms with Crippen molar-refractivity contribution in [3.8, 4) is 0 Å². The van der Waals surface area contributed by atoms with Crippen LogP contribution in [0.2, 0.25) is 5.02 Å². The van der Waals surface area contributed by atoms with Crippen LogP contribution in [0, 0.1) is 0 Å². The zero-order chi connectivity index (χ0) is 17.2. The molecule has 0 heterocycles. The Morgan fingerprint density at radius 1 is 0.833 bits per heavy atom. The van der Waals surface area contributed by atoms with Gasteiger partial charge in [-0.2, -0.15) is 0 Å². The van der Waals surface area contributed by atoms with Crippen LogP contribution >= 0.6 is 11.6 Å².